The van der Waals surface area contributed by atoms with Gasteiger partial charge in [0.2, 0.25) is 0 Å². The van der Waals surface area contributed by atoms with E-state index in [1.807, 2.05) is 212 Å². The minimum atomic E-state index is -0.428. The maximum atomic E-state index is 9.46. The topological polar surface area (TPSA) is 26.3 Å². The summed E-state index contributed by atoms with van der Waals surface area (Å²) in [5.41, 5.74) is 10.4. The minimum Gasteiger partial charge on any atom is -0.456 e. The molecule has 0 saturated heterocycles. The van der Waals surface area contributed by atoms with Gasteiger partial charge in [-0.3, -0.25) is 0 Å². The summed E-state index contributed by atoms with van der Waals surface area (Å²) < 4.78 is 159. The molecule has 20 aromatic carbocycles. The van der Waals surface area contributed by atoms with Crippen molar-refractivity contribution in [3.63, 3.8) is 0 Å². The van der Waals surface area contributed by atoms with Gasteiger partial charge in [-0.2, -0.15) is 0 Å². The average molecular weight is 1310 g/mol. The van der Waals surface area contributed by atoms with E-state index in [-0.39, 0.29) is 91.4 Å². The first-order valence-corrected chi connectivity index (χ1v) is 33.9. The molecule has 0 saturated carbocycles. The molecule has 0 fully saturated rings. The Morgan fingerprint density at radius 3 is 0.951 bits per heavy atom. The number of rotatable bonds is 6. The molecule has 2 nitrogen and oxygen atoms in total. The predicted octanol–water partition coefficient (Wildman–Crippen LogP) is 28.7. The highest BCUT2D eigenvalue weighted by Crippen LogP contribution is 2.49. The van der Waals surface area contributed by atoms with Crippen LogP contribution in [0, 0.1) is 0 Å². The third-order valence-corrected chi connectivity index (χ3v) is 20.6. The van der Waals surface area contributed by atoms with Crippen molar-refractivity contribution in [2.75, 3.05) is 0 Å². The molecule has 0 spiro atoms. The number of hydrogen-bond acceptors (Lipinski definition) is 2. The second kappa shape index (κ2) is 23.1. The first-order valence-electron chi connectivity index (χ1n) is 41.9. The van der Waals surface area contributed by atoms with Crippen molar-refractivity contribution in [3.05, 3.63) is 364 Å². The van der Waals surface area contributed by atoms with E-state index >= 15 is 0 Å². The lowest BCUT2D eigenvalue weighted by molar-refractivity contribution is 0.669. The van der Waals surface area contributed by atoms with E-state index in [2.05, 4.69) is 54.6 Å². The summed E-state index contributed by atoms with van der Waals surface area (Å²) in [6.07, 6.45) is 0. The van der Waals surface area contributed by atoms with Gasteiger partial charge in [0.15, 0.2) is 0 Å². The highest BCUT2D eigenvalue weighted by molar-refractivity contribution is 6.27. The Kier molecular flexibility index (Phi) is 9.92. The molecule has 0 aliphatic carbocycles. The van der Waals surface area contributed by atoms with E-state index < -0.39 is 48.3 Å². The van der Waals surface area contributed by atoms with Crippen molar-refractivity contribution in [2.24, 2.45) is 0 Å². The Labute approximate surface area is 609 Å². The zero-order chi connectivity index (χ0) is 80.9. The Balaban J connectivity index is 0.000000147. The first kappa shape index (κ1) is 43.8. The number of furan rings is 2. The summed E-state index contributed by atoms with van der Waals surface area (Å²) in [6.45, 7) is 0. The molecule has 0 unspecified atom stereocenters. The summed E-state index contributed by atoms with van der Waals surface area (Å²) in [6, 6.07) is 81.8. The fraction of sp³-hybridized carbons (Fsp3) is 0. The maximum absolute atomic E-state index is 9.46. The lowest BCUT2D eigenvalue weighted by Crippen LogP contribution is -1.92. The molecular weight excluding hydrogens is 1230 g/mol. The minimum absolute atomic E-state index is 0.187. The highest BCUT2D eigenvalue weighted by Gasteiger charge is 2.22. The van der Waals surface area contributed by atoms with E-state index in [9.17, 15) is 11.0 Å². The molecule has 0 amide bonds. The summed E-state index contributed by atoms with van der Waals surface area (Å²) in [5.74, 6) is 0. The Morgan fingerprint density at radius 2 is 0.480 bits per heavy atom. The number of fused-ring (bicyclic) bond motifs is 20. The molecule has 0 radical (unpaired) electrons. The summed E-state index contributed by atoms with van der Waals surface area (Å²) in [5, 5.41) is 17.6. The lowest BCUT2D eigenvalue weighted by Gasteiger charge is -2.19. The van der Waals surface area contributed by atoms with E-state index in [1.54, 1.807) is 0 Å². The molecule has 0 bridgehead atoms. The van der Waals surface area contributed by atoms with Crippen LogP contribution in [0.2, 0.25) is 0 Å². The molecule has 472 valence electrons. The smallest absolute Gasteiger partial charge is 0.136 e. The molecular formula is C100H60O2. The lowest BCUT2D eigenvalue weighted by atomic mass is 9.83. The van der Waals surface area contributed by atoms with Gasteiger partial charge in [-0.15, -0.1) is 0 Å². The normalized spacial score (nSPS) is 14.1. The second-order valence-corrected chi connectivity index (χ2v) is 26.0. The van der Waals surface area contributed by atoms with Gasteiger partial charge in [-0.25, -0.2) is 0 Å². The Bertz CT molecular complexity index is 8090. The second-order valence-electron chi connectivity index (χ2n) is 26.0. The van der Waals surface area contributed by atoms with Crippen LogP contribution in [0.4, 0.5) is 0 Å². The van der Waals surface area contributed by atoms with Crippen LogP contribution in [0.1, 0.15) is 21.9 Å². The summed E-state index contributed by atoms with van der Waals surface area (Å²) in [4.78, 5) is 0. The van der Waals surface area contributed by atoms with Gasteiger partial charge in [0.1, 0.15) is 22.3 Å². The molecule has 2 heteroatoms. The molecule has 22 rings (SSSR count). The monoisotopic (exact) mass is 1310 g/mol. The van der Waals surface area contributed by atoms with Crippen LogP contribution >= 0.6 is 0 Å². The van der Waals surface area contributed by atoms with E-state index in [4.69, 9.17) is 19.8 Å². The molecule has 0 N–H and O–H groups in total. The fourth-order valence-electron chi connectivity index (χ4n) is 15.9. The van der Waals surface area contributed by atoms with E-state index in [0.717, 1.165) is 131 Å². The quantitative estimate of drug-likeness (QED) is 0.123. The molecule has 102 heavy (non-hydrogen) atoms. The van der Waals surface area contributed by atoms with E-state index in [0.29, 0.717) is 44.5 Å². The van der Waals surface area contributed by atoms with Crippen molar-refractivity contribution < 1.29 is 30.8 Å². The van der Waals surface area contributed by atoms with Crippen molar-refractivity contribution in [2.45, 2.75) is 0 Å². The van der Waals surface area contributed by atoms with Gasteiger partial charge in [0.25, 0.3) is 0 Å². The van der Waals surface area contributed by atoms with Crippen LogP contribution in [-0.4, -0.2) is 0 Å². The summed E-state index contributed by atoms with van der Waals surface area (Å²) in [7, 11) is 0. The largest absolute Gasteiger partial charge is 0.456 e. The molecule has 2 aromatic heterocycles. The molecule has 2 heterocycles. The molecule has 22 aromatic rings. The molecule has 0 aliphatic rings. The highest BCUT2D eigenvalue weighted by atomic mass is 16.3. The third-order valence-electron chi connectivity index (χ3n) is 20.6. The molecule has 0 aliphatic heterocycles. The van der Waals surface area contributed by atoms with Crippen molar-refractivity contribution in [3.8, 4) is 66.8 Å². The van der Waals surface area contributed by atoms with Crippen molar-refractivity contribution in [1.29, 1.82) is 0 Å². The van der Waals surface area contributed by atoms with Crippen LogP contribution < -0.4 is 0 Å². The average Bonchev–Trinajstić information content (AvgIpc) is 0.949. The van der Waals surface area contributed by atoms with E-state index in [1.165, 1.54) is 0 Å². The zero-order valence-electron chi connectivity index (χ0n) is 70.2. The standard InChI is InChI=1S/2C50H30O/c1-4-14-37-32(11-1)25-28-47-50(37)45-29-34(26-27-46(45)51-47)31-21-23-33(24-22-31)48-40-17-7-9-19-42(40)49(43-20-10-8-18-41(43)48)44-30-35-12-2-3-13-36(35)38-15-5-6-16-39(38)44;1-3-11-38-32(9-1)19-22-36-29-37(23-26-39(36)38)49-43-15-7-5-13-41(43)48(42-14-6-8-16-44(42)49)34-20-17-31(18-21-34)35-25-27-46-45(30-35)50-40-12-4-2-10-33(40)24-28-47(50)51-46/h2*1-30H/i7D,8D,9D,10D,17D,18D,19D,20D;5D,6D,7D,8D,13D,14D,15D,16D. The number of benzene rings is 20. The van der Waals surface area contributed by atoms with Crippen LogP contribution in [0.25, 0.3) is 218 Å². The van der Waals surface area contributed by atoms with Gasteiger partial charge >= 0.3 is 0 Å². The fourth-order valence-corrected chi connectivity index (χ4v) is 15.9. The number of hydrogen-bond donors (Lipinski definition) is 0. The first-order chi connectivity index (χ1) is 57.2. The predicted molar refractivity (Wildman–Crippen MR) is 435 cm³/mol. The van der Waals surface area contributed by atoms with Gasteiger partial charge in [0.05, 0.1) is 21.9 Å². The van der Waals surface area contributed by atoms with Gasteiger partial charge in [0, 0.05) is 21.5 Å². The SMILES string of the molecule is [2H]c1c([2H])c([2H])c2c(-c3cc4ccccc4c4ccccc34)c3c([2H])c([2H])c([2H])c([2H])c3c(-c3ccc(-c4ccc5oc6ccc7ccccc7c6c5c4)cc3)c2c1[2H].[2H]c1c([2H])c([2H])c2c(-c3ccc4c(ccc5ccccc54)c3)c3c([2H])c([2H])c([2H])c([2H])c3c(-c3ccc(-c4ccc5oc6ccc7ccccc7c6c5c4)cc3)c2c1[2H]. The van der Waals surface area contributed by atoms with Gasteiger partial charge in [-0.1, -0.05) is 315 Å². The van der Waals surface area contributed by atoms with Crippen molar-refractivity contribution >= 4 is 152 Å². The Morgan fingerprint density at radius 1 is 0.176 bits per heavy atom. The van der Waals surface area contributed by atoms with Crippen molar-refractivity contribution in [1.82, 2.24) is 0 Å². The molecule has 0 atom stereocenters. The maximum Gasteiger partial charge on any atom is 0.136 e. The van der Waals surface area contributed by atoms with Gasteiger partial charge in [-0.05, 0) is 223 Å². The van der Waals surface area contributed by atoms with Crippen LogP contribution in [-0.2, 0) is 0 Å². The zero-order valence-corrected chi connectivity index (χ0v) is 54.2. The summed E-state index contributed by atoms with van der Waals surface area (Å²) >= 11 is 0. The van der Waals surface area contributed by atoms with Crippen LogP contribution in [0.5, 0.6) is 0 Å². The third kappa shape index (κ3) is 9.13. The Hall–Kier alpha value is -13.4. The van der Waals surface area contributed by atoms with Crippen LogP contribution in [0.15, 0.2) is 372 Å². The van der Waals surface area contributed by atoms with Gasteiger partial charge < -0.3 is 8.83 Å². The van der Waals surface area contributed by atoms with Crippen LogP contribution in [0.3, 0.4) is 0 Å².